The van der Waals surface area contributed by atoms with Crippen LogP contribution in [0.3, 0.4) is 0 Å². The van der Waals surface area contributed by atoms with Crippen molar-refractivity contribution in [1.29, 1.82) is 0 Å². The summed E-state index contributed by atoms with van der Waals surface area (Å²) in [5.74, 6) is 2.71. The van der Waals surface area contributed by atoms with E-state index in [-0.39, 0.29) is 5.92 Å². The van der Waals surface area contributed by atoms with Crippen LogP contribution in [0.5, 0.6) is 0 Å². The molecule has 2 heteroatoms. The first kappa shape index (κ1) is 13.7. The van der Waals surface area contributed by atoms with Gasteiger partial charge in [-0.1, -0.05) is 20.8 Å². The van der Waals surface area contributed by atoms with Gasteiger partial charge in [-0.25, -0.2) is 0 Å². The second-order valence-electron chi connectivity index (χ2n) is 5.61. The number of hydrogen-bond donors (Lipinski definition) is 0. The molecular weight excluding hydrogens is 200 g/mol. The van der Waals surface area contributed by atoms with Crippen LogP contribution in [0.1, 0.15) is 46.5 Å². The number of ether oxygens (including phenoxy) is 1. The van der Waals surface area contributed by atoms with E-state index in [1.807, 2.05) is 0 Å². The summed E-state index contributed by atoms with van der Waals surface area (Å²) >= 11 is 0. The molecule has 0 N–H and O–H groups in total. The Morgan fingerprint density at radius 1 is 1.38 bits per heavy atom. The van der Waals surface area contributed by atoms with Crippen LogP contribution >= 0.6 is 0 Å². The Labute approximate surface area is 99.8 Å². The maximum absolute atomic E-state index is 11.9. The Bertz CT molecular complexity index is 223. The zero-order valence-corrected chi connectivity index (χ0v) is 11.2. The molecule has 94 valence electrons. The standard InChI is InChI=1S/C14H26O2/c1-10(2)12-5-6-14(15)13(9-12)11(3)7-8-16-4/h10-13H,5-9H2,1-4H3. The minimum absolute atomic E-state index is 0.288. The maximum Gasteiger partial charge on any atom is 0.136 e. The van der Waals surface area contributed by atoms with Gasteiger partial charge in [-0.15, -0.1) is 0 Å². The number of ketones is 1. The van der Waals surface area contributed by atoms with Gasteiger partial charge in [0.1, 0.15) is 5.78 Å². The van der Waals surface area contributed by atoms with Gasteiger partial charge in [-0.05, 0) is 37.0 Å². The predicted octanol–water partition coefficient (Wildman–Crippen LogP) is 3.30. The van der Waals surface area contributed by atoms with Crippen LogP contribution in [0.4, 0.5) is 0 Å². The quantitative estimate of drug-likeness (QED) is 0.719. The van der Waals surface area contributed by atoms with E-state index in [1.165, 1.54) is 0 Å². The third-order valence-corrected chi connectivity index (χ3v) is 4.14. The Morgan fingerprint density at radius 3 is 2.62 bits per heavy atom. The summed E-state index contributed by atoms with van der Waals surface area (Å²) in [6.45, 7) is 7.52. The molecule has 1 aliphatic rings. The third-order valence-electron chi connectivity index (χ3n) is 4.14. The molecule has 0 heterocycles. The Morgan fingerprint density at radius 2 is 2.06 bits per heavy atom. The van der Waals surface area contributed by atoms with Crippen LogP contribution in [-0.2, 0) is 9.53 Å². The maximum atomic E-state index is 11.9. The van der Waals surface area contributed by atoms with Crippen molar-refractivity contribution < 1.29 is 9.53 Å². The van der Waals surface area contributed by atoms with E-state index in [0.29, 0.717) is 17.6 Å². The summed E-state index contributed by atoms with van der Waals surface area (Å²) in [4.78, 5) is 11.9. The van der Waals surface area contributed by atoms with Crippen molar-refractivity contribution in [3.8, 4) is 0 Å². The smallest absolute Gasteiger partial charge is 0.136 e. The Kier molecular flexibility index (Phi) is 5.47. The number of carbonyl (C=O) groups is 1. The van der Waals surface area contributed by atoms with E-state index in [1.54, 1.807) is 7.11 Å². The molecule has 0 aromatic heterocycles. The van der Waals surface area contributed by atoms with Crippen LogP contribution in [0.2, 0.25) is 0 Å². The molecular formula is C14H26O2. The summed E-state index contributed by atoms with van der Waals surface area (Å²) < 4.78 is 5.10. The number of Topliss-reactive ketones (excluding diaryl/α,β-unsaturated/α-hetero) is 1. The van der Waals surface area contributed by atoms with Gasteiger partial charge in [0, 0.05) is 26.1 Å². The molecule has 1 aliphatic carbocycles. The second kappa shape index (κ2) is 6.39. The van der Waals surface area contributed by atoms with Crippen LogP contribution < -0.4 is 0 Å². The van der Waals surface area contributed by atoms with Crippen molar-refractivity contribution in [2.75, 3.05) is 13.7 Å². The molecule has 0 aliphatic heterocycles. The highest BCUT2D eigenvalue weighted by Crippen LogP contribution is 2.36. The topological polar surface area (TPSA) is 26.3 Å². The predicted molar refractivity (Wildman–Crippen MR) is 66.3 cm³/mol. The molecule has 1 rings (SSSR count). The minimum atomic E-state index is 0.288. The molecule has 1 fully saturated rings. The van der Waals surface area contributed by atoms with E-state index in [0.717, 1.165) is 38.2 Å². The first-order valence-electron chi connectivity index (χ1n) is 6.57. The number of hydrogen-bond acceptors (Lipinski definition) is 2. The lowest BCUT2D eigenvalue weighted by Crippen LogP contribution is -2.32. The Hall–Kier alpha value is -0.370. The van der Waals surface area contributed by atoms with Crippen LogP contribution in [0.25, 0.3) is 0 Å². The molecule has 0 spiro atoms. The fraction of sp³-hybridized carbons (Fsp3) is 0.929. The molecule has 0 bridgehead atoms. The summed E-state index contributed by atoms with van der Waals surface area (Å²) in [6.07, 6.45) is 4.01. The van der Waals surface area contributed by atoms with E-state index in [9.17, 15) is 4.79 Å². The van der Waals surface area contributed by atoms with Crippen LogP contribution in [0, 0.1) is 23.7 Å². The van der Waals surface area contributed by atoms with Gasteiger partial charge in [0.05, 0.1) is 0 Å². The molecule has 0 aromatic rings. The van der Waals surface area contributed by atoms with Crippen molar-refractivity contribution in [3.63, 3.8) is 0 Å². The summed E-state index contributed by atoms with van der Waals surface area (Å²) in [7, 11) is 1.73. The van der Waals surface area contributed by atoms with Gasteiger partial charge < -0.3 is 4.74 Å². The molecule has 0 radical (unpaired) electrons. The van der Waals surface area contributed by atoms with Crippen LogP contribution in [-0.4, -0.2) is 19.5 Å². The number of methoxy groups -OCH3 is 1. The van der Waals surface area contributed by atoms with Gasteiger partial charge in [0.25, 0.3) is 0 Å². The molecule has 0 saturated heterocycles. The monoisotopic (exact) mass is 226 g/mol. The van der Waals surface area contributed by atoms with E-state index < -0.39 is 0 Å². The van der Waals surface area contributed by atoms with Gasteiger partial charge in [0.15, 0.2) is 0 Å². The van der Waals surface area contributed by atoms with Crippen molar-refractivity contribution in [3.05, 3.63) is 0 Å². The summed E-state index contributed by atoms with van der Waals surface area (Å²) in [6, 6.07) is 0. The lowest BCUT2D eigenvalue weighted by molar-refractivity contribution is -0.128. The highest BCUT2D eigenvalue weighted by molar-refractivity contribution is 5.82. The normalized spacial score (nSPS) is 28.4. The van der Waals surface area contributed by atoms with E-state index in [4.69, 9.17) is 4.74 Å². The van der Waals surface area contributed by atoms with Gasteiger partial charge in [-0.3, -0.25) is 4.79 Å². The summed E-state index contributed by atoms with van der Waals surface area (Å²) in [5, 5.41) is 0. The first-order valence-corrected chi connectivity index (χ1v) is 6.57. The van der Waals surface area contributed by atoms with Crippen molar-refractivity contribution in [2.45, 2.75) is 46.5 Å². The molecule has 0 aromatic carbocycles. The fourth-order valence-corrected chi connectivity index (χ4v) is 2.75. The third kappa shape index (κ3) is 3.58. The zero-order valence-electron chi connectivity index (χ0n) is 11.2. The van der Waals surface area contributed by atoms with E-state index in [2.05, 4.69) is 20.8 Å². The minimum Gasteiger partial charge on any atom is -0.385 e. The molecule has 1 saturated carbocycles. The van der Waals surface area contributed by atoms with Crippen molar-refractivity contribution in [2.24, 2.45) is 23.7 Å². The first-order chi connectivity index (χ1) is 7.56. The largest absolute Gasteiger partial charge is 0.385 e. The Balaban J connectivity index is 2.51. The van der Waals surface area contributed by atoms with Gasteiger partial charge >= 0.3 is 0 Å². The van der Waals surface area contributed by atoms with Crippen LogP contribution in [0.15, 0.2) is 0 Å². The highest BCUT2D eigenvalue weighted by atomic mass is 16.5. The van der Waals surface area contributed by atoms with Crippen molar-refractivity contribution >= 4 is 5.78 Å². The zero-order chi connectivity index (χ0) is 12.1. The lowest BCUT2D eigenvalue weighted by atomic mass is 9.71. The fourth-order valence-electron chi connectivity index (χ4n) is 2.75. The molecule has 2 nitrogen and oxygen atoms in total. The van der Waals surface area contributed by atoms with Gasteiger partial charge in [0.2, 0.25) is 0 Å². The molecule has 16 heavy (non-hydrogen) atoms. The number of rotatable bonds is 5. The average molecular weight is 226 g/mol. The number of carbonyl (C=O) groups excluding carboxylic acids is 1. The molecule has 3 unspecified atom stereocenters. The highest BCUT2D eigenvalue weighted by Gasteiger charge is 2.33. The molecule has 0 amide bonds. The van der Waals surface area contributed by atoms with Gasteiger partial charge in [-0.2, -0.15) is 0 Å². The SMILES string of the molecule is COCCC(C)C1CC(C(C)C)CCC1=O. The van der Waals surface area contributed by atoms with Crippen molar-refractivity contribution in [1.82, 2.24) is 0 Å². The molecule has 3 atom stereocenters. The lowest BCUT2D eigenvalue weighted by Gasteiger charge is -2.33. The summed E-state index contributed by atoms with van der Waals surface area (Å²) in [5.41, 5.74) is 0. The second-order valence-corrected chi connectivity index (χ2v) is 5.61. The van der Waals surface area contributed by atoms with E-state index >= 15 is 0 Å². The average Bonchev–Trinajstić information content (AvgIpc) is 2.26.